The summed E-state index contributed by atoms with van der Waals surface area (Å²) in [6.07, 6.45) is 0.635. The Morgan fingerprint density at radius 3 is 2.00 bits per heavy atom. The van der Waals surface area contributed by atoms with Gasteiger partial charge >= 0.3 is 0 Å². The maximum atomic E-state index is 11.3. The van der Waals surface area contributed by atoms with Crippen molar-refractivity contribution in [1.29, 1.82) is 0 Å². The number of amides is 1. The summed E-state index contributed by atoms with van der Waals surface area (Å²) in [6, 6.07) is 0. The van der Waals surface area contributed by atoms with E-state index in [1.165, 1.54) is 0 Å². The van der Waals surface area contributed by atoms with Gasteiger partial charge in [-0.25, -0.2) is 0 Å². The lowest BCUT2D eigenvalue weighted by Gasteiger charge is -2.15. The Kier molecular flexibility index (Phi) is 3.93. The zero-order valence-electron chi connectivity index (χ0n) is 8.23. The topological polar surface area (TPSA) is 46.2 Å². The van der Waals surface area contributed by atoms with Crippen LogP contribution in [0.1, 0.15) is 33.6 Å². The van der Waals surface area contributed by atoms with Gasteiger partial charge in [0.15, 0.2) is 0 Å². The van der Waals surface area contributed by atoms with Gasteiger partial charge in [-0.05, 0) is 0 Å². The molecule has 0 radical (unpaired) electrons. The van der Waals surface area contributed by atoms with Crippen LogP contribution in [0.4, 0.5) is 0 Å². The van der Waals surface area contributed by atoms with Gasteiger partial charge in [-0.3, -0.25) is 9.59 Å². The summed E-state index contributed by atoms with van der Waals surface area (Å²) in [5.74, 6) is 0.0544. The molecule has 0 atom stereocenters. The second-order valence-electron chi connectivity index (χ2n) is 3.85. The van der Waals surface area contributed by atoms with E-state index in [1.54, 1.807) is 7.05 Å². The Hall–Kier alpha value is -0.860. The normalized spacial score (nSPS) is 11.0. The van der Waals surface area contributed by atoms with E-state index < -0.39 is 0 Å². The maximum absolute atomic E-state index is 11.3. The Balaban J connectivity index is 3.81. The van der Waals surface area contributed by atoms with Gasteiger partial charge in [-0.2, -0.15) is 0 Å². The molecule has 0 heterocycles. The third-order valence-electron chi connectivity index (χ3n) is 1.69. The van der Waals surface area contributed by atoms with E-state index in [0.29, 0.717) is 12.8 Å². The quantitative estimate of drug-likeness (QED) is 0.691. The SMILES string of the molecule is CNC(=O)CCC(=O)C(C)(C)C. The number of carbonyl (C=O) groups excluding carboxylic acids is 2. The van der Waals surface area contributed by atoms with Crippen molar-refractivity contribution in [2.24, 2.45) is 5.41 Å². The molecule has 0 spiro atoms. The molecular formula is C9H17NO2. The van der Waals surface area contributed by atoms with Crippen LogP contribution in [-0.2, 0) is 9.59 Å². The predicted octanol–water partition coefficient (Wildman–Crippen LogP) is 1.13. The van der Waals surface area contributed by atoms with E-state index in [2.05, 4.69) is 5.32 Å². The van der Waals surface area contributed by atoms with E-state index in [0.717, 1.165) is 0 Å². The van der Waals surface area contributed by atoms with Gasteiger partial charge in [-0.15, -0.1) is 0 Å². The molecule has 1 amide bonds. The molecule has 0 aliphatic carbocycles. The van der Waals surface area contributed by atoms with Gasteiger partial charge in [0.1, 0.15) is 5.78 Å². The number of hydrogen-bond acceptors (Lipinski definition) is 2. The molecule has 3 nitrogen and oxygen atoms in total. The first kappa shape index (κ1) is 11.1. The molecule has 0 aromatic carbocycles. The Morgan fingerprint density at radius 2 is 1.67 bits per heavy atom. The summed E-state index contributed by atoms with van der Waals surface area (Å²) in [4.78, 5) is 22.1. The minimum Gasteiger partial charge on any atom is -0.359 e. The molecular weight excluding hydrogens is 154 g/mol. The number of nitrogens with one attached hydrogen (secondary N) is 1. The molecule has 0 unspecified atom stereocenters. The van der Waals surface area contributed by atoms with Crippen molar-refractivity contribution in [3.63, 3.8) is 0 Å². The summed E-state index contributed by atoms with van der Waals surface area (Å²) >= 11 is 0. The zero-order chi connectivity index (χ0) is 9.78. The minimum atomic E-state index is -0.325. The first-order valence-electron chi connectivity index (χ1n) is 4.12. The molecule has 0 bridgehead atoms. The minimum absolute atomic E-state index is 0.0763. The Bertz CT molecular complexity index is 179. The predicted molar refractivity (Wildman–Crippen MR) is 47.8 cm³/mol. The summed E-state index contributed by atoms with van der Waals surface area (Å²) in [5, 5.41) is 2.48. The fraction of sp³-hybridized carbons (Fsp3) is 0.778. The van der Waals surface area contributed by atoms with Crippen LogP contribution >= 0.6 is 0 Å². The molecule has 3 heteroatoms. The highest BCUT2D eigenvalue weighted by Gasteiger charge is 2.20. The van der Waals surface area contributed by atoms with Crippen molar-refractivity contribution < 1.29 is 9.59 Å². The van der Waals surface area contributed by atoms with Gasteiger partial charge in [0.25, 0.3) is 0 Å². The summed E-state index contributed by atoms with van der Waals surface area (Å²) in [6.45, 7) is 5.58. The molecule has 70 valence electrons. The number of ketones is 1. The maximum Gasteiger partial charge on any atom is 0.220 e. The number of rotatable bonds is 3. The molecule has 0 fully saturated rings. The highest BCUT2D eigenvalue weighted by molar-refractivity contribution is 5.87. The summed E-state index contributed by atoms with van der Waals surface area (Å²) in [7, 11) is 1.57. The van der Waals surface area contributed by atoms with Crippen molar-refractivity contribution in [3.05, 3.63) is 0 Å². The summed E-state index contributed by atoms with van der Waals surface area (Å²) in [5.41, 5.74) is -0.325. The first-order chi connectivity index (χ1) is 5.38. The number of hydrogen-bond donors (Lipinski definition) is 1. The van der Waals surface area contributed by atoms with Crippen LogP contribution in [0.2, 0.25) is 0 Å². The monoisotopic (exact) mass is 171 g/mol. The second kappa shape index (κ2) is 4.24. The average Bonchev–Trinajstić information content (AvgIpc) is 1.97. The third-order valence-corrected chi connectivity index (χ3v) is 1.69. The third kappa shape index (κ3) is 4.11. The largest absolute Gasteiger partial charge is 0.359 e. The van der Waals surface area contributed by atoms with Crippen LogP contribution in [0.5, 0.6) is 0 Å². The van der Waals surface area contributed by atoms with Gasteiger partial charge < -0.3 is 5.32 Å². The molecule has 0 aromatic rings. The van der Waals surface area contributed by atoms with E-state index in [-0.39, 0.29) is 17.1 Å². The molecule has 0 aliphatic heterocycles. The first-order valence-corrected chi connectivity index (χ1v) is 4.12. The second-order valence-corrected chi connectivity index (χ2v) is 3.85. The van der Waals surface area contributed by atoms with Crippen LogP contribution in [0.15, 0.2) is 0 Å². The fourth-order valence-electron chi connectivity index (χ4n) is 0.727. The highest BCUT2D eigenvalue weighted by atomic mass is 16.2. The van der Waals surface area contributed by atoms with Crippen molar-refractivity contribution in [1.82, 2.24) is 5.32 Å². The van der Waals surface area contributed by atoms with Gasteiger partial charge in [0, 0.05) is 25.3 Å². The Morgan fingerprint density at radius 1 is 1.17 bits per heavy atom. The molecule has 0 rings (SSSR count). The lowest BCUT2D eigenvalue weighted by atomic mass is 9.88. The van der Waals surface area contributed by atoms with E-state index in [9.17, 15) is 9.59 Å². The van der Waals surface area contributed by atoms with Gasteiger partial charge in [-0.1, -0.05) is 20.8 Å². The van der Waals surface area contributed by atoms with E-state index in [1.807, 2.05) is 20.8 Å². The lowest BCUT2D eigenvalue weighted by molar-refractivity contribution is -0.129. The number of carbonyl (C=O) groups is 2. The molecule has 0 saturated carbocycles. The van der Waals surface area contributed by atoms with Gasteiger partial charge in [0.05, 0.1) is 0 Å². The standard InChI is InChI=1S/C9H17NO2/c1-9(2,3)7(11)5-6-8(12)10-4/h5-6H2,1-4H3,(H,10,12). The van der Waals surface area contributed by atoms with Crippen LogP contribution in [-0.4, -0.2) is 18.7 Å². The molecule has 1 N–H and O–H groups in total. The van der Waals surface area contributed by atoms with Crippen molar-refractivity contribution >= 4 is 11.7 Å². The molecule has 12 heavy (non-hydrogen) atoms. The Labute approximate surface area is 73.5 Å². The lowest BCUT2D eigenvalue weighted by Crippen LogP contribution is -2.24. The number of Topliss-reactive ketones (excluding diaryl/α,β-unsaturated/α-hetero) is 1. The molecule has 0 saturated heterocycles. The highest BCUT2D eigenvalue weighted by Crippen LogP contribution is 2.17. The summed E-state index contributed by atoms with van der Waals surface area (Å²) < 4.78 is 0. The van der Waals surface area contributed by atoms with E-state index in [4.69, 9.17) is 0 Å². The van der Waals surface area contributed by atoms with Gasteiger partial charge in [0.2, 0.25) is 5.91 Å². The fourth-order valence-corrected chi connectivity index (χ4v) is 0.727. The molecule has 0 aromatic heterocycles. The smallest absolute Gasteiger partial charge is 0.220 e. The van der Waals surface area contributed by atoms with Crippen LogP contribution in [0.3, 0.4) is 0 Å². The van der Waals surface area contributed by atoms with Crippen molar-refractivity contribution in [2.75, 3.05) is 7.05 Å². The van der Waals surface area contributed by atoms with Crippen molar-refractivity contribution in [3.8, 4) is 0 Å². The molecule has 0 aliphatic rings. The zero-order valence-corrected chi connectivity index (χ0v) is 8.23. The van der Waals surface area contributed by atoms with Crippen LogP contribution < -0.4 is 5.32 Å². The van der Waals surface area contributed by atoms with E-state index >= 15 is 0 Å². The average molecular weight is 171 g/mol. The van der Waals surface area contributed by atoms with Crippen molar-refractivity contribution in [2.45, 2.75) is 33.6 Å². The van der Waals surface area contributed by atoms with Crippen LogP contribution in [0.25, 0.3) is 0 Å². The van der Waals surface area contributed by atoms with Crippen LogP contribution in [0, 0.1) is 5.41 Å².